The van der Waals surface area contributed by atoms with Crippen LogP contribution in [0.25, 0.3) is 0 Å². The average molecular weight is 339 g/mol. The topological polar surface area (TPSA) is 49.4 Å². The summed E-state index contributed by atoms with van der Waals surface area (Å²) < 4.78 is 0.885. The number of carbonyl (C=O) groups is 2. The largest absolute Gasteiger partial charge is 0.348 e. The molecule has 2 amide bonds. The van der Waals surface area contributed by atoms with E-state index in [9.17, 15) is 9.59 Å². The summed E-state index contributed by atoms with van der Waals surface area (Å²) in [4.78, 5) is 25.6. The fraction of sp³-hybridized carbons (Fsp3) is 0.467. The first-order chi connectivity index (χ1) is 9.47. The van der Waals surface area contributed by atoms with Crippen LogP contribution < -0.4 is 5.32 Å². The highest BCUT2D eigenvalue weighted by Crippen LogP contribution is 2.16. The average Bonchev–Trinajstić information content (AvgIpc) is 2.77. The van der Waals surface area contributed by atoms with Crippen molar-refractivity contribution < 1.29 is 9.59 Å². The summed E-state index contributed by atoms with van der Waals surface area (Å²) in [6.45, 7) is 5.22. The van der Waals surface area contributed by atoms with Gasteiger partial charge in [0.2, 0.25) is 5.91 Å². The second kappa shape index (κ2) is 6.39. The summed E-state index contributed by atoms with van der Waals surface area (Å²) in [6, 6.07) is 5.59. The quantitative estimate of drug-likeness (QED) is 0.916. The number of nitrogens with zero attached hydrogens (tertiary/aromatic N) is 1. The second-order valence-corrected chi connectivity index (χ2v) is 6.19. The van der Waals surface area contributed by atoms with E-state index in [1.54, 1.807) is 0 Å². The molecular formula is C15H19BrN2O2. The zero-order valence-corrected chi connectivity index (χ0v) is 13.4. The van der Waals surface area contributed by atoms with E-state index >= 15 is 0 Å². The number of amides is 2. The van der Waals surface area contributed by atoms with Crippen molar-refractivity contribution in [1.82, 2.24) is 10.2 Å². The molecule has 108 valence electrons. The molecule has 0 radical (unpaired) electrons. The molecule has 0 spiro atoms. The van der Waals surface area contributed by atoms with Crippen molar-refractivity contribution in [1.29, 1.82) is 0 Å². The molecule has 1 heterocycles. The highest BCUT2D eigenvalue weighted by Gasteiger charge is 2.22. The van der Waals surface area contributed by atoms with Crippen LogP contribution >= 0.6 is 15.9 Å². The van der Waals surface area contributed by atoms with Crippen LogP contribution in [-0.4, -0.2) is 35.8 Å². The number of halogens is 1. The Morgan fingerprint density at radius 3 is 2.90 bits per heavy atom. The molecule has 20 heavy (non-hydrogen) atoms. The molecule has 1 fully saturated rings. The van der Waals surface area contributed by atoms with Gasteiger partial charge in [-0.15, -0.1) is 0 Å². The van der Waals surface area contributed by atoms with Crippen molar-refractivity contribution in [3.8, 4) is 0 Å². The molecule has 0 saturated carbocycles. The normalized spacial score (nSPS) is 16.4. The first-order valence-electron chi connectivity index (χ1n) is 6.82. The Hall–Kier alpha value is -1.36. The Bertz CT molecular complexity index is 531. The number of rotatable bonds is 4. The van der Waals surface area contributed by atoms with Gasteiger partial charge in [-0.25, -0.2) is 0 Å². The third-order valence-corrected chi connectivity index (χ3v) is 3.98. The molecule has 1 aromatic carbocycles. The summed E-state index contributed by atoms with van der Waals surface area (Å²) in [5.74, 6) is 0.0904. The molecule has 0 aromatic heterocycles. The maximum absolute atomic E-state index is 12.2. The van der Waals surface area contributed by atoms with Gasteiger partial charge in [-0.1, -0.05) is 22.0 Å². The summed E-state index contributed by atoms with van der Waals surface area (Å²) in [5.41, 5.74) is 1.61. The van der Waals surface area contributed by atoms with E-state index in [1.807, 2.05) is 36.9 Å². The minimum atomic E-state index is -0.0945. The van der Waals surface area contributed by atoms with Crippen molar-refractivity contribution in [2.75, 3.05) is 13.1 Å². The fourth-order valence-electron chi connectivity index (χ4n) is 2.41. The fourth-order valence-corrected chi connectivity index (χ4v) is 2.77. The molecule has 0 bridgehead atoms. The first kappa shape index (κ1) is 15.0. The van der Waals surface area contributed by atoms with E-state index in [0.29, 0.717) is 18.5 Å². The van der Waals surface area contributed by atoms with Crippen molar-refractivity contribution >= 4 is 27.7 Å². The van der Waals surface area contributed by atoms with Gasteiger partial charge >= 0.3 is 0 Å². The van der Waals surface area contributed by atoms with Crippen molar-refractivity contribution in [3.63, 3.8) is 0 Å². The molecule has 1 unspecified atom stereocenters. The summed E-state index contributed by atoms with van der Waals surface area (Å²) in [5, 5.41) is 2.96. The van der Waals surface area contributed by atoms with Crippen molar-refractivity contribution in [2.24, 2.45) is 0 Å². The Balaban J connectivity index is 1.96. The van der Waals surface area contributed by atoms with Gasteiger partial charge in [-0.3, -0.25) is 9.59 Å². The van der Waals surface area contributed by atoms with Gasteiger partial charge in [-0.2, -0.15) is 0 Å². The number of likely N-dealkylation sites (tertiary alicyclic amines) is 1. The van der Waals surface area contributed by atoms with Crippen LogP contribution in [-0.2, 0) is 4.79 Å². The highest BCUT2D eigenvalue weighted by molar-refractivity contribution is 9.10. The number of nitrogens with one attached hydrogen (secondary N) is 1. The first-order valence-corrected chi connectivity index (χ1v) is 7.61. The van der Waals surface area contributed by atoms with E-state index in [-0.39, 0.29) is 17.9 Å². The van der Waals surface area contributed by atoms with Crippen LogP contribution in [0.2, 0.25) is 0 Å². The van der Waals surface area contributed by atoms with Crippen LogP contribution in [0.5, 0.6) is 0 Å². The monoisotopic (exact) mass is 338 g/mol. The summed E-state index contributed by atoms with van der Waals surface area (Å²) in [6.07, 6.45) is 1.55. The molecule has 1 aliphatic heterocycles. The van der Waals surface area contributed by atoms with Crippen LogP contribution in [0.15, 0.2) is 22.7 Å². The lowest BCUT2D eigenvalue weighted by molar-refractivity contribution is -0.127. The molecule has 2 rings (SSSR count). The Labute approximate surface area is 127 Å². The van der Waals surface area contributed by atoms with E-state index < -0.39 is 0 Å². The lowest BCUT2D eigenvalue weighted by Gasteiger charge is -2.22. The number of aryl methyl sites for hydroxylation is 1. The smallest absolute Gasteiger partial charge is 0.251 e. The Kier molecular flexibility index (Phi) is 4.81. The number of carbonyl (C=O) groups excluding carboxylic acids is 2. The van der Waals surface area contributed by atoms with E-state index in [2.05, 4.69) is 21.2 Å². The molecule has 1 atom stereocenters. The van der Waals surface area contributed by atoms with Crippen LogP contribution in [0.3, 0.4) is 0 Å². The SMILES string of the molecule is Cc1ccc(Br)cc1C(=O)NC(C)CN1CCCC1=O. The minimum absolute atomic E-state index is 0.0528. The standard InChI is InChI=1S/C15H19BrN2O2/c1-10-5-6-12(16)8-13(10)15(20)17-11(2)9-18-7-3-4-14(18)19/h5-6,8,11H,3-4,7,9H2,1-2H3,(H,17,20). The van der Waals surface area contributed by atoms with Crippen LogP contribution in [0, 0.1) is 6.92 Å². The third-order valence-electron chi connectivity index (χ3n) is 3.49. The van der Waals surface area contributed by atoms with E-state index in [4.69, 9.17) is 0 Å². The molecule has 1 N–H and O–H groups in total. The van der Waals surface area contributed by atoms with Crippen LogP contribution in [0.1, 0.15) is 35.7 Å². The summed E-state index contributed by atoms with van der Waals surface area (Å²) >= 11 is 3.38. The molecular weight excluding hydrogens is 320 g/mol. The molecule has 5 heteroatoms. The van der Waals surface area contributed by atoms with Crippen molar-refractivity contribution in [3.05, 3.63) is 33.8 Å². The van der Waals surface area contributed by atoms with Gasteiger partial charge in [0.15, 0.2) is 0 Å². The molecule has 1 aliphatic rings. The molecule has 0 aliphatic carbocycles. The van der Waals surface area contributed by atoms with E-state index in [0.717, 1.165) is 23.0 Å². The van der Waals surface area contributed by atoms with Gasteiger partial charge in [-0.05, 0) is 38.0 Å². The minimum Gasteiger partial charge on any atom is -0.348 e. The lowest BCUT2D eigenvalue weighted by Crippen LogP contribution is -2.42. The Morgan fingerprint density at radius 1 is 1.50 bits per heavy atom. The predicted octanol–water partition coefficient (Wildman–Crippen LogP) is 2.50. The zero-order valence-electron chi connectivity index (χ0n) is 11.8. The maximum atomic E-state index is 12.2. The Morgan fingerprint density at radius 2 is 2.25 bits per heavy atom. The molecule has 4 nitrogen and oxygen atoms in total. The third kappa shape index (κ3) is 3.60. The zero-order chi connectivity index (χ0) is 14.7. The van der Waals surface area contributed by atoms with E-state index in [1.165, 1.54) is 0 Å². The molecule has 1 saturated heterocycles. The number of hydrogen-bond donors (Lipinski definition) is 1. The van der Waals surface area contributed by atoms with Crippen molar-refractivity contribution in [2.45, 2.75) is 32.7 Å². The van der Waals surface area contributed by atoms with Gasteiger partial charge in [0.05, 0.1) is 0 Å². The van der Waals surface area contributed by atoms with Gasteiger partial charge < -0.3 is 10.2 Å². The van der Waals surface area contributed by atoms with Gasteiger partial charge in [0.25, 0.3) is 5.91 Å². The summed E-state index contributed by atoms with van der Waals surface area (Å²) in [7, 11) is 0. The highest BCUT2D eigenvalue weighted by atomic mass is 79.9. The number of benzene rings is 1. The van der Waals surface area contributed by atoms with Gasteiger partial charge in [0.1, 0.15) is 0 Å². The maximum Gasteiger partial charge on any atom is 0.251 e. The predicted molar refractivity (Wildman–Crippen MR) is 81.6 cm³/mol. The van der Waals surface area contributed by atoms with Crippen LogP contribution in [0.4, 0.5) is 0 Å². The lowest BCUT2D eigenvalue weighted by atomic mass is 10.1. The number of hydrogen-bond acceptors (Lipinski definition) is 2. The molecule has 1 aromatic rings. The van der Waals surface area contributed by atoms with Gasteiger partial charge in [0, 0.05) is 35.6 Å². The second-order valence-electron chi connectivity index (χ2n) is 5.28.